The maximum absolute atomic E-state index is 15.1. The molecule has 3 atom stereocenters. The van der Waals surface area contributed by atoms with Crippen molar-refractivity contribution < 1.29 is 18.7 Å². The Kier molecular flexibility index (Phi) is 9.35. The van der Waals surface area contributed by atoms with Crippen molar-refractivity contribution in [3.8, 4) is 0 Å². The van der Waals surface area contributed by atoms with Crippen LogP contribution in [-0.2, 0) is 15.1 Å². The Bertz CT molecular complexity index is 1390. The molecule has 1 aliphatic carbocycles. The lowest BCUT2D eigenvalue weighted by atomic mass is 9.79. The predicted molar refractivity (Wildman–Crippen MR) is 160 cm³/mol. The van der Waals surface area contributed by atoms with Crippen molar-refractivity contribution >= 4 is 35.0 Å². The van der Waals surface area contributed by atoms with Gasteiger partial charge in [-0.2, -0.15) is 0 Å². The van der Waals surface area contributed by atoms with Crippen LogP contribution in [-0.4, -0.2) is 52.1 Å². The van der Waals surface area contributed by atoms with E-state index < -0.39 is 29.3 Å². The number of hydrogen-bond acceptors (Lipinski definition) is 6. The van der Waals surface area contributed by atoms with E-state index in [2.05, 4.69) is 20.6 Å². The van der Waals surface area contributed by atoms with E-state index in [9.17, 15) is 9.59 Å². The van der Waals surface area contributed by atoms with E-state index in [-0.39, 0.29) is 24.8 Å². The van der Waals surface area contributed by atoms with Crippen LogP contribution in [0, 0.1) is 11.7 Å². The first kappa shape index (κ1) is 29.9. The summed E-state index contributed by atoms with van der Waals surface area (Å²) in [6.07, 6.45) is 9.54. The normalized spacial score (nSPS) is 19.8. The fourth-order valence-electron chi connectivity index (χ4n) is 5.36. The number of nitrogens with zero attached hydrogens (tertiary/aromatic N) is 3. The van der Waals surface area contributed by atoms with Crippen LogP contribution in [0.25, 0.3) is 0 Å². The van der Waals surface area contributed by atoms with Gasteiger partial charge in [0.1, 0.15) is 17.7 Å². The molecule has 1 aromatic carbocycles. The summed E-state index contributed by atoms with van der Waals surface area (Å²) in [5.41, 5.74) is 7.71. The standard InChI is InChI=1S/C31H36ClFN6O3/c1-2-15-42-24-17-27(39(19-24)30(41)38-28-8-6-23(32)18-36-28)29(40)37-26-16-22(5-7-25(26)33)31(34,12-9-20-3-4-20)21-10-13-35-14-11-21/h5-8,10-11,13-14,16,18,20,24,27H,2-4,9,12,15,17,19,34H2,1H3,(H,37,40)(H,36,38,41)/t24-,27-,31?/m1/s1. The second kappa shape index (κ2) is 13.1. The first-order chi connectivity index (χ1) is 20.3. The molecule has 2 aromatic heterocycles. The molecule has 42 heavy (non-hydrogen) atoms. The molecule has 0 radical (unpaired) electrons. The topological polar surface area (TPSA) is 122 Å². The number of ether oxygens (including phenoxy) is 1. The molecule has 1 saturated heterocycles. The van der Waals surface area contributed by atoms with Gasteiger partial charge in [-0.05, 0) is 72.7 Å². The summed E-state index contributed by atoms with van der Waals surface area (Å²) in [4.78, 5) is 36.5. The molecule has 3 heterocycles. The second-order valence-electron chi connectivity index (χ2n) is 11.1. The molecule has 2 aliphatic rings. The molecule has 2 fully saturated rings. The Morgan fingerprint density at radius 3 is 2.62 bits per heavy atom. The minimum Gasteiger partial charge on any atom is -0.376 e. The van der Waals surface area contributed by atoms with Gasteiger partial charge in [0.15, 0.2) is 0 Å². The minimum absolute atomic E-state index is 0.00505. The fraction of sp³-hybridized carbons (Fsp3) is 0.419. The summed E-state index contributed by atoms with van der Waals surface area (Å²) in [5.74, 6) is -0.163. The summed E-state index contributed by atoms with van der Waals surface area (Å²) in [6, 6.07) is 10.1. The highest BCUT2D eigenvalue weighted by Crippen LogP contribution is 2.40. The van der Waals surface area contributed by atoms with Crippen LogP contribution in [0.3, 0.4) is 0 Å². The Labute approximate surface area is 250 Å². The lowest BCUT2D eigenvalue weighted by Gasteiger charge is -2.31. The highest BCUT2D eigenvalue weighted by molar-refractivity contribution is 6.30. The van der Waals surface area contributed by atoms with Crippen molar-refractivity contribution in [3.63, 3.8) is 0 Å². The number of nitrogens with one attached hydrogen (secondary N) is 2. The third-order valence-electron chi connectivity index (χ3n) is 7.92. The molecule has 1 aliphatic heterocycles. The van der Waals surface area contributed by atoms with Crippen LogP contribution in [0.4, 0.5) is 20.7 Å². The highest BCUT2D eigenvalue weighted by atomic mass is 35.5. The molecular formula is C31H36ClFN6O3. The molecular weight excluding hydrogens is 559 g/mol. The first-order valence-corrected chi connectivity index (χ1v) is 14.8. The number of likely N-dealkylation sites (tertiary alicyclic amines) is 1. The van der Waals surface area contributed by atoms with Gasteiger partial charge >= 0.3 is 6.03 Å². The summed E-state index contributed by atoms with van der Waals surface area (Å²) in [6.45, 7) is 2.69. The number of anilines is 2. The van der Waals surface area contributed by atoms with E-state index >= 15 is 4.39 Å². The van der Waals surface area contributed by atoms with Crippen molar-refractivity contribution in [3.05, 3.63) is 83.0 Å². The molecule has 0 bridgehead atoms. The minimum atomic E-state index is -0.889. The number of hydrogen-bond donors (Lipinski definition) is 3. The molecule has 1 saturated carbocycles. The second-order valence-corrected chi connectivity index (χ2v) is 11.5. The van der Waals surface area contributed by atoms with Crippen molar-refractivity contribution in [1.29, 1.82) is 0 Å². The number of carbonyl (C=O) groups is 2. The highest BCUT2D eigenvalue weighted by Gasteiger charge is 2.41. The van der Waals surface area contributed by atoms with E-state index in [0.29, 0.717) is 35.3 Å². The Hall–Kier alpha value is -3.60. The van der Waals surface area contributed by atoms with Gasteiger partial charge in [-0.3, -0.25) is 15.1 Å². The maximum Gasteiger partial charge on any atom is 0.323 e. The van der Waals surface area contributed by atoms with Gasteiger partial charge < -0.3 is 20.7 Å². The van der Waals surface area contributed by atoms with Gasteiger partial charge in [0.25, 0.3) is 0 Å². The van der Waals surface area contributed by atoms with E-state index in [1.165, 1.54) is 30.0 Å². The average molecular weight is 595 g/mol. The van der Waals surface area contributed by atoms with Gasteiger partial charge in [0.05, 0.1) is 22.4 Å². The molecule has 3 amide bonds. The van der Waals surface area contributed by atoms with Gasteiger partial charge in [0, 0.05) is 38.2 Å². The monoisotopic (exact) mass is 594 g/mol. The molecule has 3 aromatic rings. The lowest BCUT2D eigenvalue weighted by Crippen LogP contribution is -2.45. The molecule has 1 unspecified atom stereocenters. The number of benzene rings is 1. The van der Waals surface area contributed by atoms with Gasteiger partial charge in [0.2, 0.25) is 5.91 Å². The summed E-state index contributed by atoms with van der Waals surface area (Å²) in [7, 11) is 0. The number of halogens is 2. The van der Waals surface area contributed by atoms with Crippen LogP contribution in [0.1, 0.15) is 56.6 Å². The molecule has 9 nitrogen and oxygen atoms in total. The summed E-state index contributed by atoms with van der Waals surface area (Å²) in [5, 5.41) is 5.88. The van der Waals surface area contributed by atoms with E-state index in [1.54, 1.807) is 36.7 Å². The number of amides is 3. The van der Waals surface area contributed by atoms with Crippen molar-refractivity contribution in [1.82, 2.24) is 14.9 Å². The molecule has 222 valence electrons. The molecule has 4 N–H and O–H groups in total. The zero-order valence-corrected chi connectivity index (χ0v) is 24.3. The fourth-order valence-corrected chi connectivity index (χ4v) is 5.48. The largest absolute Gasteiger partial charge is 0.376 e. The predicted octanol–water partition coefficient (Wildman–Crippen LogP) is 5.70. The molecule has 11 heteroatoms. The number of carbonyl (C=O) groups excluding carboxylic acids is 2. The van der Waals surface area contributed by atoms with Gasteiger partial charge in [-0.25, -0.2) is 14.2 Å². The first-order valence-electron chi connectivity index (χ1n) is 14.4. The summed E-state index contributed by atoms with van der Waals surface area (Å²) >= 11 is 5.91. The zero-order valence-electron chi connectivity index (χ0n) is 23.6. The van der Waals surface area contributed by atoms with E-state index in [1.807, 2.05) is 19.1 Å². The number of pyridine rings is 2. The molecule has 0 spiro atoms. The van der Waals surface area contributed by atoms with Crippen LogP contribution in [0.2, 0.25) is 5.02 Å². The van der Waals surface area contributed by atoms with Gasteiger partial charge in [-0.1, -0.05) is 37.4 Å². The average Bonchev–Trinajstić information content (AvgIpc) is 3.73. The Morgan fingerprint density at radius 2 is 1.93 bits per heavy atom. The number of rotatable bonds is 11. The van der Waals surface area contributed by atoms with Gasteiger partial charge in [-0.15, -0.1) is 0 Å². The van der Waals surface area contributed by atoms with E-state index in [0.717, 1.165) is 18.4 Å². The number of urea groups is 1. The van der Waals surface area contributed by atoms with Crippen LogP contribution in [0.15, 0.2) is 61.1 Å². The van der Waals surface area contributed by atoms with E-state index in [4.69, 9.17) is 22.1 Å². The lowest BCUT2D eigenvalue weighted by molar-refractivity contribution is -0.119. The van der Waals surface area contributed by atoms with Crippen LogP contribution in [0.5, 0.6) is 0 Å². The maximum atomic E-state index is 15.1. The van der Waals surface area contributed by atoms with Crippen molar-refractivity contribution in [2.75, 3.05) is 23.8 Å². The number of aromatic nitrogens is 2. The third-order valence-corrected chi connectivity index (χ3v) is 8.15. The zero-order chi connectivity index (χ0) is 29.7. The quantitative estimate of drug-likeness (QED) is 0.262. The SMILES string of the molecule is CCCO[C@@H]1C[C@H](C(=O)Nc2cc(C(N)(CCC3CC3)c3ccncc3)ccc2F)N(C(=O)Nc2ccc(Cl)cn2)C1. The van der Waals surface area contributed by atoms with Crippen molar-refractivity contribution in [2.24, 2.45) is 11.7 Å². The smallest absolute Gasteiger partial charge is 0.323 e. The van der Waals surface area contributed by atoms with Crippen LogP contribution >= 0.6 is 11.6 Å². The Balaban J connectivity index is 1.37. The number of nitrogens with two attached hydrogens (primary N) is 1. The third kappa shape index (κ3) is 7.06. The Morgan fingerprint density at radius 1 is 1.14 bits per heavy atom. The van der Waals surface area contributed by atoms with Crippen LogP contribution < -0.4 is 16.4 Å². The summed E-state index contributed by atoms with van der Waals surface area (Å²) < 4.78 is 21.0. The molecule has 5 rings (SSSR count). The van der Waals surface area contributed by atoms with Crippen molar-refractivity contribution in [2.45, 2.75) is 63.1 Å².